The molecule has 0 aliphatic heterocycles. The molecule has 0 fully saturated rings. The maximum atomic E-state index is 12.8. The molecule has 1 atom stereocenters. The molecule has 154 valence electrons. The fraction of sp³-hybridized carbons (Fsp3) is 0.160. The van der Waals surface area contributed by atoms with Crippen LogP contribution in [0.3, 0.4) is 0 Å². The predicted octanol–water partition coefficient (Wildman–Crippen LogP) is 5.36. The van der Waals surface area contributed by atoms with Gasteiger partial charge in [-0.3, -0.25) is 9.59 Å². The molecule has 2 amide bonds. The van der Waals surface area contributed by atoms with Gasteiger partial charge in [0.1, 0.15) is 5.69 Å². The zero-order valence-electron chi connectivity index (χ0n) is 16.8. The molecule has 31 heavy (non-hydrogen) atoms. The van der Waals surface area contributed by atoms with E-state index in [1.165, 1.54) is 22.7 Å². The van der Waals surface area contributed by atoms with Crippen molar-refractivity contribution in [2.45, 2.75) is 25.3 Å². The van der Waals surface area contributed by atoms with Gasteiger partial charge in [0.15, 0.2) is 0 Å². The highest BCUT2D eigenvalue weighted by molar-refractivity contribution is 7.13. The van der Waals surface area contributed by atoms with Crippen LogP contribution in [0.5, 0.6) is 0 Å². The van der Waals surface area contributed by atoms with Crippen molar-refractivity contribution >= 4 is 39.1 Å². The number of carbonyl (C=O) groups is 2. The number of fused-ring (bicyclic) bond motifs is 2. The molecule has 5 rings (SSSR count). The molecule has 0 radical (unpaired) electrons. The first-order valence-electron chi connectivity index (χ1n) is 10.3. The van der Waals surface area contributed by atoms with E-state index in [0.29, 0.717) is 16.9 Å². The zero-order chi connectivity index (χ0) is 21.2. The third-order valence-corrected chi connectivity index (χ3v) is 6.50. The summed E-state index contributed by atoms with van der Waals surface area (Å²) < 4.78 is 5.26. The zero-order valence-corrected chi connectivity index (χ0v) is 17.6. The summed E-state index contributed by atoms with van der Waals surface area (Å²) in [6, 6.07) is 23.0. The molecule has 1 aromatic heterocycles. The van der Waals surface area contributed by atoms with Gasteiger partial charge < -0.3 is 10.6 Å². The maximum absolute atomic E-state index is 12.8. The largest absolute Gasteiger partial charge is 0.345 e. The second-order valence-electron chi connectivity index (χ2n) is 7.68. The Bertz CT molecular complexity index is 1260. The van der Waals surface area contributed by atoms with Gasteiger partial charge in [-0.1, -0.05) is 42.5 Å². The fourth-order valence-corrected chi connectivity index (χ4v) is 4.86. The van der Waals surface area contributed by atoms with Gasteiger partial charge in [0.2, 0.25) is 0 Å². The van der Waals surface area contributed by atoms with Gasteiger partial charge >= 0.3 is 0 Å². The molecule has 1 aliphatic carbocycles. The van der Waals surface area contributed by atoms with Crippen LogP contribution >= 0.6 is 11.5 Å². The molecule has 0 spiro atoms. The number of anilines is 1. The van der Waals surface area contributed by atoms with Gasteiger partial charge in [-0.25, -0.2) is 0 Å². The van der Waals surface area contributed by atoms with E-state index in [-0.39, 0.29) is 17.9 Å². The summed E-state index contributed by atoms with van der Waals surface area (Å²) in [6.45, 7) is 0. The Kier molecular flexibility index (Phi) is 5.22. The van der Waals surface area contributed by atoms with E-state index in [9.17, 15) is 9.59 Å². The van der Waals surface area contributed by atoms with Crippen molar-refractivity contribution in [3.8, 4) is 0 Å². The lowest BCUT2D eigenvalue weighted by molar-refractivity contribution is 0.0932. The second-order valence-corrected chi connectivity index (χ2v) is 8.48. The van der Waals surface area contributed by atoms with Gasteiger partial charge in [-0.2, -0.15) is 4.37 Å². The number of hydrogen-bond donors (Lipinski definition) is 2. The highest BCUT2D eigenvalue weighted by Gasteiger charge is 2.22. The molecule has 1 aliphatic rings. The molecule has 0 bridgehead atoms. The van der Waals surface area contributed by atoms with Crippen molar-refractivity contribution in [1.82, 2.24) is 9.69 Å². The van der Waals surface area contributed by atoms with E-state index in [2.05, 4.69) is 27.1 Å². The number of aromatic nitrogens is 1. The number of aryl methyl sites for hydroxylation is 1. The average Bonchev–Trinajstić information content (AvgIpc) is 3.24. The molecule has 5 nitrogen and oxygen atoms in total. The van der Waals surface area contributed by atoms with Crippen molar-refractivity contribution in [3.63, 3.8) is 0 Å². The number of nitrogens with zero attached hydrogens (tertiary/aromatic N) is 1. The standard InChI is InChI=1S/C25H21N3O2S/c29-24(27-21-10-5-7-16-6-1-2-8-19(16)21)17-12-14-18(15-13-17)26-25(30)23-20-9-3-4-11-22(20)31-28-23/h1-4,6,8-9,11-15,21H,5,7,10H2,(H,26,30)(H,27,29). The number of benzene rings is 3. The van der Waals surface area contributed by atoms with E-state index in [0.717, 1.165) is 29.3 Å². The monoisotopic (exact) mass is 427 g/mol. The topological polar surface area (TPSA) is 71.1 Å². The van der Waals surface area contributed by atoms with Crippen LogP contribution in [-0.4, -0.2) is 16.2 Å². The van der Waals surface area contributed by atoms with Crippen LogP contribution in [0.25, 0.3) is 10.1 Å². The highest BCUT2D eigenvalue weighted by Crippen LogP contribution is 2.30. The normalized spacial score (nSPS) is 15.3. The Morgan fingerprint density at radius 3 is 2.55 bits per heavy atom. The molecule has 0 saturated carbocycles. The average molecular weight is 428 g/mol. The molecular weight excluding hydrogens is 406 g/mol. The Hall–Kier alpha value is -3.51. The van der Waals surface area contributed by atoms with Gasteiger partial charge in [0, 0.05) is 16.6 Å². The van der Waals surface area contributed by atoms with E-state index in [4.69, 9.17) is 0 Å². The summed E-state index contributed by atoms with van der Waals surface area (Å²) in [5.74, 6) is -0.362. The molecule has 4 aromatic rings. The lowest BCUT2D eigenvalue weighted by atomic mass is 9.87. The minimum atomic E-state index is -0.256. The van der Waals surface area contributed by atoms with Gasteiger partial charge in [0.05, 0.1) is 10.7 Å². The van der Waals surface area contributed by atoms with Crippen LogP contribution in [0.2, 0.25) is 0 Å². The summed E-state index contributed by atoms with van der Waals surface area (Å²) in [5.41, 5.74) is 4.13. The van der Waals surface area contributed by atoms with E-state index < -0.39 is 0 Å². The Morgan fingerprint density at radius 2 is 1.68 bits per heavy atom. The third-order valence-electron chi connectivity index (χ3n) is 5.67. The summed E-state index contributed by atoms with van der Waals surface area (Å²) in [4.78, 5) is 25.4. The summed E-state index contributed by atoms with van der Waals surface area (Å²) in [5, 5.41) is 6.87. The third kappa shape index (κ3) is 3.94. The first kappa shape index (κ1) is 19.5. The fourth-order valence-electron chi connectivity index (χ4n) is 4.09. The van der Waals surface area contributed by atoms with Crippen molar-refractivity contribution in [2.75, 3.05) is 5.32 Å². The number of nitrogens with one attached hydrogen (secondary N) is 2. The molecule has 0 saturated heterocycles. The smallest absolute Gasteiger partial charge is 0.276 e. The lowest BCUT2D eigenvalue weighted by Gasteiger charge is -2.26. The van der Waals surface area contributed by atoms with Crippen LogP contribution in [0, 0.1) is 0 Å². The first-order chi connectivity index (χ1) is 15.2. The van der Waals surface area contributed by atoms with Crippen molar-refractivity contribution < 1.29 is 9.59 Å². The minimum Gasteiger partial charge on any atom is -0.345 e. The van der Waals surface area contributed by atoms with E-state index in [1.54, 1.807) is 24.3 Å². The molecular formula is C25H21N3O2S. The Labute approximate surface area is 184 Å². The predicted molar refractivity (Wildman–Crippen MR) is 124 cm³/mol. The van der Waals surface area contributed by atoms with Gasteiger partial charge in [0.25, 0.3) is 11.8 Å². The van der Waals surface area contributed by atoms with Crippen molar-refractivity contribution in [3.05, 3.63) is 95.2 Å². The highest BCUT2D eigenvalue weighted by atomic mass is 32.1. The number of amides is 2. The Morgan fingerprint density at radius 1 is 0.903 bits per heavy atom. The Balaban J connectivity index is 1.27. The SMILES string of the molecule is O=C(NC1CCCc2ccccc21)c1ccc(NC(=O)c2nsc3ccccc23)cc1. The number of rotatable bonds is 4. The minimum absolute atomic E-state index is 0.0368. The van der Waals surface area contributed by atoms with Gasteiger partial charge in [-0.15, -0.1) is 0 Å². The first-order valence-corrected chi connectivity index (χ1v) is 11.1. The summed E-state index contributed by atoms with van der Waals surface area (Å²) in [7, 11) is 0. The summed E-state index contributed by atoms with van der Waals surface area (Å²) in [6.07, 6.45) is 3.07. The number of hydrogen-bond acceptors (Lipinski definition) is 4. The van der Waals surface area contributed by atoms with Crippen LogP contribution in [-0.2, 0) is 6.42 Å². The lowest BCUT2D eigenvalue weighted by Crippen LogP contribution is -2.30. The van der Waals surface area contributed by atoms with Crippen LogP contribution < -0.4 is 10.6 Å². The molecule has 1 heterocycles. The van der Waals surface area contributed by atoms with Crippen LogP contribution in [0.4, 0.5) is 5.69 Å². The van der Waals surface area contributed by atoms with Crippen molar-refractivity contribution in [2.24, 2.45) is 0 Å². The van der Waals surface area contributed by atoms with Crippen LogP contribution in [0.1, 0.15) is 50.9 Å². The molecule has 2 N–H and O–H groups in total. The van der Waals surface area contributed by atoms with Crippen LogP contribution in [0.15, 0.2) is 72.8 Å². The molecule has 3 aromatic carbocycles. The van der Waals surface area contributed by atoms with Gasteiger partial charge in [-0.05, 0) is 72.3 Å². The molecule has 1 unspecified atom stereocenters. The van der Waals surface area contributed by atoms with Crippen molar-refractivity contribution in [1.29, 1.82) is 0 Å². The second kappa shape index (κ2) is 8.32. The van der Waals surface area contributed by atoms with E-state index >= 15 is 0 Å². The number of carbonyl (C=O) groups excluding carboxylic acids is 2. The maximum Gasteiger partial charge on any atom is 0.276 e. The molecule has 6 heteroatoms. The summed E-state index contributed by atoms with van der Waals surface area (Å²) >= 11 is 1.31. The van der Waals surface area contributed by atoms with E-state index in [1.807, 2.05) is 36.4 Å². The quantitative estimate of drug-likeness (QED) is 0.461.